The van der Waals surface area contributed by atoms with Crippen LogP contribution in [-0.4, -0.2) is 10.7 Å². The van der Waals surface area contributed by atoms with E-state index in [1.165, 1.54) is 37.7 Å². The highest BCUT2D eigenvalue weighted by atomic mass is 16.3. The number of fused-ring (bicyclic) bond motifs is 5. The van der Waals surface area contributed by atoms with Gasteiger partial charge in [0.25, 0.3) is 0 Å². The molecule has 124 valence electrons. The highest BCUT2D eigenvalue weighted by molar-refractivity contribution is 5.32. The molecule has 0 aromatic rings. The van der Waals surface area contributed by atoms with Crippen LogP contribution in [0.4, 0.5) is 0 Å². The molecule has 0 amide bonds. The average molecular weight is 310 g/mol. The van der Waals surface area contributed by atoms with Gasteiger partial charge in [0, 0.05) is 5.41 Å². The Balaban J connectivity index is 1.74. The molecule has 0 saturated heterocycles. The molecule has 0 aromatic carbocycles. The monoisotopic (exact) mass is 310 g/mol. The molecular weight excluding hydrogens is 280 g/mol. The van der Waals surface area contributed by atoms with Crippen LogP contribution in [0.1, 0.15) is 64.7 Å². The van der Waals surface area contributed by atoms with Crippen LogP contribution in [0.5, 0.6) is 0 Å². The third-order valence-electron chi connectivity index (χ3n) is 8.01. The van der Waals surface area contributed by atoms with Crippen LogP contribution in [0.25, 0.3) is 0 Å². The molecule has 1 nitrogen and oxygen atoms in total. The summed E-state index contributed by atoms with van der Waals surface area (Å²) in [7, 11) is 0. The Morgan fingerprint density at radius 2 is 2.22 bits per heavy atom. The molecule has 23 heavy (non-hydrogen) atoms. The summed E-state index contributed by atoms with van der Waals surface area (Å²) in [6, 6.07) is 0. The van der Waals surface area contributed by atoms with Crippen molar-refractivity contribution in [3.05, 3.63) is 23.8 Å². The molecule has 4 aliphatic carbocycles. The lowest BCUT2D eigenvalue weighted by molar-refractivity contribution is -0.0788. The van der Waals surface area contributed by atoms with E-state index < -0.39 is 5.60 Å². The largest absolute Gasteiger partial charge is 0.377 e. The first-order chi connectivity index (χ1) is 11.1. The third kappa shape index (κ3) is 1.91. The van der Waals surface area contributed by atoms with Crippen LogP contribution >= 0.6 is 0 Å². The fourth-order valence-corrected chi connectivity index (χ4v) is 7.03. The maximum Gasteiger partial charge on any atom is 0.131 e. The molecule has 0 bridgehead atoms. The van der Waals surface area contributed by atoms with Gasteiger partial charge >= 0.3 is 0 Å². The Morgan fingerprint density at radius 1 is 1.39 bits per heavy atom. The summed E-state index contributed by atoms with van der Waals surface area (Å²) in [5, 5.41) is 11.2. The van der Waals surface area contributed by atoms with Gasteiger partial charge in [0.2, 0.25) is 0 Å². The van der Waals surface area contributed by atoms with Gasteiger partial charge in [-0.15, -0.1) is 6.42 Å². The maximum atomic E-state index is 11.2. The van der Waals surface area contributed by atoms with Gasteiger partial charge in [-0.2, -0.15) is 0 Å². The predicted octanol–water partition coefficient (Wildman–Crippen LogP) is 4.87. The van der Waals surface area contributed by atoms with Gasteiger partial charge in [-0.25, -0.2) is 0 Å². The molecule has 0 spiro atoms. The molecule has 3 fully saturated rings. The highest BCUT2D eigenvalue weighted by Crippen LogP contribution is 2.67. The van der Waals surface area contributed by atoms with Gasteiger partial charge in [0.05, 0.1) is 0 Å². The van der Waals surface area contributed by atoms with Crippen LogP contribution in [0.2, 0.25) is 0 Å². The lowest BCUT2D eigenvalue weighted by Gasteiger charge is -2.56. The van der Waals surface area contributed by atoms with Crippen molar-refractivity contribution in [1.29, 1.82) is 0 Å². The normalized spacial score (nSPS) is 48.7. The zero-order valence-electron chi connectivity index (χ0n) is 14.5. The zero-order chi connectivity index (χ0) is 16.2. The smallest absolute Gasteiger partial charge is 0.131 e. The van der Waals surface area contributed by atoms with Crippen molar-refractivity contribution < 1.29 is 5.11 Å². The van der Waals surface area contributed by atoms with Crippen molar-refractivity contribution in [3.63, 3.8) is 0 Å². The average Bonchev–Trinajstić information content (AvgIpc) is 2.88. The Morgan fingerprint density at radius 3 is 2.96 bits per heavy atom. The van der Waals surface area contributed by atoms with Crippen molar-refractivity contribution >= 4 is 0 Å². The minimum Gasteiger partial charge on any atom is -0.377 e. The first-order valence-electron chi connectivity index (χ1n) is 9.63. The summed E-state index contributed by atoms with van der Waals surface area (Å²) in [6.07, 6.45) is 18.6. The Bertz CT molecular complexity index is 594. The Kier molecular flexibility index (Phi) is 3.54. The van der Waals surface area contributed by atoms with E-state index in [4.69, 9.17) is 6.42 Å². The van der Waals surface area contributed by atoms with Gasteiger partial charge in [-0.3, -0.25) is 0 Å². The van der Waals surface area contributed by atoms with E-state index in [1.54, 1.807) is 5.57 Å². The van der Waals surface area contributed by atoms with Crippen LogP contribution in [-0.2, 0) is 0 Å². The van der Waals surface area contributed by atoms with Gasteiger partial charge < -0.3 is 5.11 Å². The zero-order valence-corrected chi connectivity index (χ0v) is 14.5. The summed E-state index contributed by atoms with van der Waals surface area (Å²) < 4.78 is 0. The minimum absolute atomic E-state index is 0.115. The fraction of sp³-hybridized carbons (Fsp3) is 0.727. The number of rotatable bonds is 1. The number of allylic oxidation sites excluding steroid dienone is 3. The van der Waals surface area contributed by atoms with Crippen molar-refractivity contribution in [2.45, 2.75) is 70.3 Å². The van der Waals surface area contributed by atoms with Gasteiger partial charge in [-0.05, 0) is 81.5 Å². The van der Waals surface area contributed by atoms with Crippen LogP contribution in [0.15, 0.2) is 23.8 Å². The van der Waals surface area contributed by atoms with Gasteiger partial charge in [0.1, 0.15) is 5.60 Å². The van der Waals surface area contributed by atoms with E-state index in [2.05, 4.69) is 25.5 Å². The van der Waals surface area contributed by atoms with Crippen LogP contribution in [0, 0.1) is 41.4 Å². The number of aliphatic hydroxyl groups is 1. The second-order valence-corrected chi connectivity index (χ2v) is 8.54. The number of terminal acetylenes is 1. The molecular formula is C22H30O. The van der Waals surface area contributed by atoms with E-state index in [-0.39, 0.29) is 5.41 Å². The van der Waals surface area contributed by atoms with Gasteiger partial charge in [0.15, 0.2) is 0 Å². The quantitative estimate of drug-likeness (QED) is 0.541. The Hall–Kier alpha value is -1.00. The van der Waals surface area contributed by atoms with E-state index >= 15 is 0 Å². The van der Waals surface area contributed by atoms with Crippen LogP contribution < -0.4 is 0 Å². The summed E-state index contributed by atoms with van der Waals surface area (Å²) in [5.41, 5.74) is 2.08. The van der Waals surface area contributed by atoms with Crippen molar-refractivity contribution in [3.8, 4) is 12.3 Å². The topological polar surface area (TPSA) is 20.2 Å². The molecule has 3 saturated carbocycles. The second-order valence-electron chi connectivity index (χ2n) is 8.54. The molecule has 0 aliphatic heterocycles. The minimum atomic E-state index is -0.914. The SMILES string of the molecule is C#C[C@]1(O)CCC2C3CCC4=CCCC[C@@H]4C3C(=C)C[C@@]21CC. The fourth-order valence-electron chi connectivity index (χ4n) is 7.03. The molecule has 0 heterocycles. The van der Waals surface area contributed by atoms with Crippen molar-refractivity contribution in [2.75, 3.05) is 0 Å². The van der Waals surface area contributed by atoms with Gasteiger partial charge in [-0.1, -0.05) is 36.6 Å². The lowest BCUT2D eigenvalue weighted by Crippen LogP contribution is -2.54. The van der Waals surface area contributed by atoms with Crippen molar-refractivity contribution in [2.24, 2.45) is 29.1 Å². The molecule has 4 aliphatic rings. The highest BCUT2D eigenvalue weighted by Gasteiger charge is 2.64. The maximum absolute atomic E-state index is 11.2. The third-order valence-corrected chi connectivity index (χ3v) is 8.01. The Labute approximate surface area is 141 Å². The first-order valence-corrected chi connectivity index (χ1v) is 9.63. The first kappa shape index (κ1) is 15.5. The molecule has 0 aromatic heterocycles. The summed E-state index contributed by atoms with van der Waals surface area (Å²) in [6.45, 7) is 6.76. The lowest BCUT2D eigenvalue weighted by atomic mass is 9.48. The standard InChI is InChI=1S/C22H30O/c1-4-21-14-15(3)20-17-9-7-6-8-16(17)10-11-18(20)19(21)12-13-22(21,23)5-2/h2,8,17-20,23H,3-4,6-7,9-14H2,1H3/t17-,18?,19?,20?,21-,22-/m0/s1. The number of hydrogen-bond donors (Lipinski definition) is 1. The molecule has 4 rings (SSSR count). The van der Waals surface area contributed by atoms with Crippen LogP contribution in [0.3, 0.4) is 0 Å². The summed E-state index contributed by atoms with van der Waals surface area (Å²) in [4.78, 5) is 0. The van der Waals surface area contributed by atoms with E-state index in [0.29, 0.717) is 17.8 Å². The van der Waals surface area contributed by atoms with Crippen molar-refractivity contribution in [1.82, 2.24) is 0 Å². The molecule has 3 unspecified atom stereocenters. The molecule has 1 N–H and O–H groups in total. The van der Waals surface area contributed by atoms with E-state index in [0.717, 1.165) is 31.6 Å². The second kappa shape index (κ2) is 5.25. The summed E-state index contributed by atoms with van der Waals surface area (Å²) in [5.74, 6) is 5.48. The summed E-state index contributed by atoms with van der Waals surface area (Å²) >= 11 is 0. The van der Waals surface area contributed by atoms with E-state index in [1.807, 2.05) is 0 Å². The van der Waals surface area contributed by atoms with E-state index in [9.17, 15) is 5.11 Å². The predicted molar refractivity (Wildman–Crippen MR) is 94.6 cm³/mol. The number of hydrogen-bond acceptors (Lipinski definition) is 1. The molecule has 6 atom stereocenters. The molecule has 0 radical (unpaired) electrons. The molecule has 1 heteroatoms.